The van der Waals surface area contributed by atoms with Gasteiger partial charge >= 0.3 is 0 Å². The van der Waals surface area contributed by atoms with E-state index in [1.807, 2.05) is 43.3 Å². The van der Waals surface area contributed by atoms with E-state index in [0.29, 0.717) is 23.2 Å². The molecule has 5 heteroatoms. The number of benzene rings is 1. The van der Waals surface area contributed by atoms with Gasteiger partial charge in [-0.3, -0.25) is 9.69 Å². The molecule has 19 heavy (non-hydrogen) atoms. The van der Waals surface area contributed by atoms with E-state index in [1.54, 1.807) is 12.0 Å². The summed E-state index contributed by atoms with van der Waals surface area (Å²) in [5.41, 5.74) is 0.845. The Kier molecular flexibility index (Phi) is 4.76. The molecule has 0 unspecified atom stereocenters. The van der Waals surface area contributed by atoms with Gasteiger partial charge in [-0.25, -0.2) is 4.99 Å². The lowest BCUT2D eigenvalue weighted by atomic mass is 10.3. The molecule has 1 amide bonds. The average Bonchev–Trinajstić information content (AvgIpc) is 2.73. The predicted molar refractivity (Wildman–Crippen MR) is 78.5 cm³/mol. The summed E-state index contributed by atoms with van der Waals surface area (Å²) in [5, 5.41) is 0.710. The fourth-order valence-electron chi connectivity index (χ4n) is 1.68. The number of methoxy groups -OCH3 is 1. The van der Waals surface area contributed by atoms with Gasteiger partial charge in [0.05, 0.1) is 23.7 Å². The Balaban J connectivity index is 2.26. The number of rotatable bonds is 4. The molecule has 0 bridgehead atoms. The van der Waals surface area contributed by atoms with Crippen molar-refractivity contribution in [3.63, 3.8) is 0 Å². The summed E-state index contributed by atoms with van der Waals surface area (Å²) >= 11 is 1.40. The zero-order valence-electron chi connectivity index (χ0n) is 11.0. The normalized spacial score (nSPS) is 19.7. The van der Waals surface area contributed by atoms with Gasteiger partial charge in [-0.1, -0.05) is 24.3 Å². The van der Waals surface area contributed by atoms with E-state index in [9.17, 15) is 4.79 Å². The number of thioether (sulfide) groups is 1. The first-order valence-corrected chi connectivity index (χ1v) is 6.86. The zero-order chi connectivity index (χ0) is 13.7. The number of aliphatic imine (C=N–C) groups is 1. The SMILES string of the molecule is C/C=C1/SC(=Nc2ccccc2)N(CCOC)C1=O. The molecule has 0 aliphatic carbocycles. The van der Waals surface area contributed by atoms with Gasteiger partial charge in [-0.05, 0) is 30.8 Å². The predicted octanol–water partition coefficient (Wildman–Crippen LogP) is 2.80. The van der Waals surface area contributed by atoms with Gasteiger partial charge in [0.15, 0.2) is 5.17 Å². The molecule has 0 radical (unpaired) electrons. The molecule has 1 aromatic carbocycles. The second-order valence-corrected chi connectivity index (χ2v) is 4.94. The molecule has 1 aliphatic heterocycles. The molecule has 2 rings (SSSR count). The number of ether oxygens (including phenoxy) is 1. The second kappa shape index (κ2) is 6.54. The number of amidine groups is 1. The van der Waals surface area contributed by atoms with Crippen molar-refractivity contribution in [2.45, 2.75) is 6.92 Å². The van der Waals surface area contributed by atoms with Crippen molar-refractivity contribution in [2.75, 3.05) is 20.3 Å². The lowest BCUT2D eigenvalue weighted by molar-refractivity contribution is -0.122. The Bertz CT molecular complexity index is 511. The van der Waals surface area contributed by atoms with E-state index in [4.69, 9.17) is 4.74 Å². The minimum absolute atomic E-state index is 0.000712. The molecule has 1 heterocycles. The highest BCUT2D eigenvalue weighted by Gasteiger charge is 2.32. The third kappa shape index (κ3) is 3.24. The summed E-state index contributed by atoms with van der Waals surface area (Å²) < 4.78 is 5.04. The number of hydrogen-bond acceptors (Lipinski definition) is 4. The van der Waals surface area contributed by atoms with Crippen LogP contribution in [0.15, 0.2) is 46.3 Å². The summed E-state index contributed by atoms with van der Waals surface area (Å²) in [6.45, 7) is 2.88. The molecular formula is C14H16N2O2S. The Labute approximate surface area is 117 Å². The largest absolute Gasteiger partial charge is 0.383 e. The number of hydrogen-bond donors (Lipinski definition) is 0. The van der Waals surface area contributed by atoms with Crippen LogP contribution in [0.5, 0.6) is 0 Å². The van der Waals surface area contributed by atoms with E-state index in [1.165, 1.54) is 11.8 Å². The van der Waals surface area contributed by atoms with Gasteiger partial charge in [0.1, 0.15) is 0 Å². The molecule has 1 aromatic rings. The van der Waals surface area contributed by atoms with Crippen molar-refractivity contribution in [1.82, 2.24) is 4.90 Å². The van der Waals surface area contributed by atoms with Crippen molar-refractivity contribution >= 4 is 28.5 Å². The number of amides is 1. The standard InChI is InChI=1S/C14H16N2O2S/c1-3-12-13(17)16(9-10-18-2)14(19-12)15-11-7-5-4-6-8-11/h3-8H,9-10H2,1-2H3/b12-3+,15-14?. The quantitative estimate of drug-likeness (QED) is 0.794. The molecule has 0 spiro atoms. The van der Waals surface area contributed by atoms with E-state index < -0.39 is 0 Å². The Morgan fingerprint density at radius 1 is 1.37 bits per heavy atom. The van der Waals surface area contributed by atoms with Gasteiger partial charge in [0.2, 0.25) is 0 Å². The van der Waals surface area contributed by atoms with Crippen LogP contribution in [0.1, 0.15) is 6.92 Å². The van der Waals surface area contributed by atoms with Crippen molar-refractivity contribution in [3.05, 3.63) is 41.3 Å². The maximum atomic E-state index is 12.1. The maximum absolute atomic E-state index is 12.1. The topological polar surface area (TPSA) is 41.9 Å². The van der Waals surface area contributed by atoms with Crippen LogP contribution < -0.4 is 0 Å². The molecule has 1 fully saturated rings. The van der Waals surface area contributed by atoms with Crippen molar-refractivity contribution < 1.29 is 9.53 Å². The van der Waals surface area contributed by atoms with Crippen LogP contribution >= 0.6 is 11.8 Å². The smallest absolute Gasteiger partial charge is 0.266 e. The van der Waals surface area contributed by atoms with Gasteiger partial charge < -0.3 is 4.74 Å². The maximum Gasteiger partial charge on any atom is 0.266 e. The first-order chi connectivity index (χ1) is 9.26. The number of allylic oxidation sites excluding steroid dienone is 1. The highest BCUT2D eigenvalue weighted by molar-refractivity contribution is 8.18. The summed E-state index contributed by atoms with van der Waals surface area (Å²) in [6.07, 6.45) is 1.82. The van der Waals surface area contributed by atoms with Gasteiger partial charge in [-0.15, -0.1) is 0 Å². The second-order valence-electron chi connectivity index (χ2n) is 3.93. The summed E-state index contributed by atoms with van der Waals surface area (Å²) in [4.78, 5) is 19.0. The Morgan fingerprint density at radius 3 is 2.74 bits per heavy atom. The van der Waals surface area contributed by atoms with Crippen LogP contribution in [0.3, 0.4) is 0 Å². The molecule has 4 nitrogen and oxygen atoms in total. The van der Waals surface area contributed by atoms with E-state index in [0.717, 1.165) is 5.69 Å². The Morgan fingerprint density at radius 2 is 2.11 bits per heavy atom. The molecule has 1 aliphatic rings. The molecule has 0 aromatic heterocycles. The third-order valence-electron chi connectivity index (χ3n) is 2.65. The summed E-state index contributed by atoms with van der Waals surface area (Å²) in [7, 11) is 1.62. The fraction of sp³-hybridized carbons (Fsp3) is 0.286. The fourth-order valence-corrected chi connectivity index (χ4v) is 2.62. The number of carbonyl (C=O) groups excluding carboxylic acids is 1. The number of carbonyl (C=O) groups is 1. The molecule has 1 saturated heterocycles. The molecule has 0 saturated carbocycles. The van der Waals surface area contributed by atoms with Gasteiger partial charge in [0, 0.05) is 7.11 Å². The zero-order valence-corrected chi connectivity index (χ0v) is 11.8. The van der Waals surface area contributed by atoms with E-state index in [2.05, 4.69) is 4.99 Å². The van der Waals surface area contributed by atoms with Crippen LogP contribution in [0.25, 0.3) is 0 Å². The average molecular weight is 276 g/mol. The first-order valence-electron chi connectivity index (χ1n) is 6.05. The Hall–Kier alpha value is -1.59. The molecule has 0 N–H and O–H groups in total. The highest BCUT2D eigenvalue weighted by atomic mass is 32.2. The lowest BCUT2D eigenvalue weighted by Gasteiger charge is -2.14. The summed E-state index contributed by atoms with van der Waals surface area (Å²) in [6, 6.07) is 9.63. The van der Waals surface area contributed by atoms with E-state index in [-0.39, 0.29) is 5.91 Å². The van der Waals surface area contributed by atoms with Gasteiger partial charge in [0.25, 0.3) is 5.91 Å². The number of nitrogens with zero attached hydrogens (tertiary/aromatic N) is 2. The van der Waals surface area contributed by atoms with Crippen LogP contribution in [-0.2, 0) is 9.53 Å². The molecule has 0 atom stereocenters. The van der Waals surface area contributed by atoms with E-state index >= 15 is 0 Å². The van der Waals surface area contributed by atoms with Gasteiger partial charge in [-0.2, -0.15) is 0 Å². The van der Waals surface area contributed by atoms with Crippen molar-refractivity contribution in [2.24, 2.45) is 4.99 Å². The monoisotopic (exact) mass is 276 g/mol. The van der Waals surface area contributed by atoms with Crippen LogP contribution in [-0.4, -0.2) is 36.2 Å². The summed E-state index contributed by atoms with van der Waals surface area (Å²) in [5.74, 6) is -0.000712. The minimum atomic E-state index is -0.000712. The van der Waals surface area contributed by atoms with Crippen molar-refractivity contribution in [3.8, 4) is 0 Å². The lowest BCUT2D eigenvalue weighted by Crippen LogP contribution is -2.32. The van der Waals surface area contributed by atoms with Crippen LogP contribution in [0.4, 0.5) is 5.69 Å². The molecular weight excluding hydrogens is 260 g/mol. The van der Waals surface area contributed by atoms with Crippen LogP contribution in [0.2, 0.25) is 0 Å². The van der Waals surface area contributed by atoms with Crippen LogP contribution in [0, 0.1) is 0 Å². The first kappa shape index (κ1) is 13.8. The minimum Gasteiger partial charge on any atom is -0.383 e. The molecule has 100 valence electrons. The van der Waals surface area contributed by atoms with Crippen molar-refractivity contribution in [1.29, 1.82) is 0 Å². The number of para-hydroxylation sites is 1. The highest BCUT2D eigenvalue weighted by Crippen LogP contribution is 2.32. The third-order valence-corrected chi connectivity index (χ3v) is 3.77.